The van der Waals surface area contributed by atoms with E-state index in [-0.39, 0.29) is 17.9 Å². The second-order valence-corrected chi connectivity index (χ2v) is 5.28. The number of rotatable bonds is 2. The third kappa shape index (κ3) is 3.74. The van der Waals surface area contributed by atoms with Crippen LogP contribution in [0.3, 0.4) is 0 Å². The lowest BCUT2D eigenvalue weighted by molar-refractivity contribution is -0.162. The molecule has 0 bridgehead atoms. The topological polar surface area (TPSA) is 35.2 Å². The number of halogens is 6. The molecule has 0 unspecified atom stereocenters. The lowest BCUT2D eigenvalue weighted by Gasteiger charge is -2.18. The number of anilines is 1. The molecule has 0 aliphatic carbocycles. The Hall–Kier alpha value is -2.38. The van der Waals surface area contributed by atoms with Gasteiger partial charge in [0, 0.05) is 0 Å². The predicted octanol–water partition coefficient (Wildman–Crippen LogP) is 5.72. The molecular formula is C16H13F6NO. The second-order valence-electron chi connectivity index (χ2n) is 5.28. The van der Waals surface area contributed by atoms with Crippen LogP contribution in [0.15, 0.2) is 30.3 Å². The molecule has 0 saturated heterocycles. The fraction of sp³-hybridized carbons (Fsp3) is 0.250. The molecule has 0 aromatic heterocycles. The van der Waals surface area contributed by atoms with Gasteiger partial charge in [-0.05, 0) is 49.2 Å². The minimum absolute atomic E-state index is 0.178. The lowest BCUT2D eigenvalue weighted by Crippen LogP contribution is -2.17. The first-order valence-electron chi connectivity index (χ1n) is 6.72. The monoisotopic (exact) mass is 349 g/mol. The molecule has 2 N–H and O–H groups in total. The van der Waals surface area contributed by atoms with Crippen LogP contribution in [0, 0.1) is 13.8 Å². The van der Waals surface area contributed by atoms with Crippen LogP contribution >= 0.6 is 0 Å². The number of ether oxygens (including phenoxy) is 1. The Bertz CT molecular complexity index is 764. The summed E-state index contributed by atoms with van der Waals surface area (Å²) in [5.74, 6) is -0.309. The molecule has 8 heteroatoms. The summed E-state index contributed by atoms with van der Waals surface area (Å²) < 4.78 is 82.6. The van der Waals surface area contributed by atoms with Gasteiger partial charge in [0.2, 0.25) is 0 Å². The van der Waals surface area contributed by atoms with Crippen molar-refractivity contribution in [1.82, 2.24) is 0 Å². The maximum Gasteiger partial charge on any atom is 0.417 e. The van der Waals surface area contributed by atoms with Gasteiger partial charge in [0.25, 0.3) is 0 Å². The Labute approximate surface area is 133 Å². The SMILES string of the molecule is Cc1ccc(Oc2cc(C(F)(F)F)c(C(F)(F)F)cc2N)cc1C. The average Bonchev–Trinajstić information content (AvgIpc) is 2.42. The summed E-state index contributed by atoms with van der Waals surface area (Å²) in [4.78, 5) is 0. The van der Waals surface area contributed by atoms with Crippen molar-refractivity contribution in [1.29, 1.82) is 0 Å². The minimum atomic E-state index is -5.19. The third-order valence-corrected chi connectivity index (χ3v) is 3.47. The minimum Gasteiger partial charge on any atom is -0.455 e. The number of alkyl halides is 6. The summed E-state index contributed by atoms with van der Waals surface area (Å²) in [6, 6.07) is 5.23. The third-order valence-electron chi connectivity index (χ3n) is 3.47. The number of aryl methyl sites for hydroxylation is 2. The Balaban J connectivity index is 2.53. The first kappa shape index (κ1) is 18.0. The van der Waals surface area contributed by atoms with Gasteiger partial charge in [-0.3, -0.25) is 0 Å². The largest absolute Gasteiger partial charge is 0.455 e. The zero-order chi connectivity index (χ0) is 18.3. The van der Waals surface area contributed by atoms with Gasteiger partial charge in [0.05, 0.1) is 16.8 Å². The van der Waals surface area contributed by atoms with E-state index in [9.17, 15) is 26.3 Å². The molecular weight excluding hydrogens is 336 g/mol. The molecule has 2 nitrogen and oxygen atoms in total. The highest BCUT2D eigenvalue weighted by Gasteiger charge is 2.44. The van der Waals surface area contributed by atoms with Crippen molar-refractivity contribution >= 4 is 5.69 Å². The molecule has 0 aliphatic heterocycles. The van der Waals surface area contributed by atoms with E-state index < -0.39 is 34.9 Å². The van der Waals surface area contributed by atoms with Gasteiger partial charge in [-0.2, -0.15) is 26.3 Å². The Morgan fingerprint density at radius 1 is 0.792 bits per heavy atom. The standard InChI is InChI=1S/C16H13F6NO/c1-8-3-4-10(5-9(8)2)24-14-7-12(16(20,21)22)11(6-13(14)23)15(17,18)19/h3-7H,23H2,1-2H3. The summed E-state index contributed by atoms with van der Waals surface area (Å²) in [6.45, 7) is 3.59. The predicted molar refractivity (Wildman–Crippen MR) is 76.8 cm³/mol. The number of nitrogens with two attached hydrogens (primary N) is 1. The fourth-order valence-electron chi connectivity index (χ4n) is 2.06. The van der Waals surface area contributed by atoms with Crippen molar-refractivity contribution < 1.29 is 31.1 Å². The zero-order valence-corrected chi connectivity index (χ0v) is 12.6. The van der Waals surface area contributed by atoms with Gasteiger partial charge in [-0.15, -0.1) is 0 Å². The Morgan fingerprint density at radius 3 is 1.83 bits per heavy atom. The summed E-state index contributed by atoms with van der Waals surface area (Å²) in [7, 11) is 0. The van der Waals surface area contributed by atoms with Gasteiger partial charge in [-0.1, -0.05) is 6.07 Å². The van der Waals surface area contributed by atoms with Crippen LogP contribution < -0.4 is 10.5 Å². The first-order valence-corrected chi connectivity index (χ1v) is 6.72. The van der Waals surface area contributed by atoms with Gasteiger partial charge in [0.15, 0.2) is 5.75 Å². The van der Waals surface area contributed by atoms with E-state index in [1.165, 1.54) is 6.07 Å². The first-order chi connectivity index (χ1) is 10.9. The van der Waals surface area contributed by atoms with Crippen LogP contribution in [-0.4, -0.2) is 0 Å². The van der Waals surface area contributed by atoms with Crippen LogP contribution in [-0.2, 0) is 12.4 Å². The van der Waals surface area contributed by atoms with Crippen molar-refractivity contribution in [3.8, 4) is 11.5 Å². The Morgan fingerprint density at radius 2 is 1.33 bits per heavy atom. The number of hydrogen-bond donors (Lipinski definition) is 1. The van der Waals surface area contributed by atoms with E-state index in [1.807, 2.05) is 6.92 Å². The molecule has 0 atom stereocenters. The van der Waals surface area contributed by atoms with E-state index >= 15 is 0 Å². The highest BCUT2D eigenvalue weighted by atomic mass is 19.4. The zero-order valence-electron chi connectivity index (χ0n) is 12.6. The molecule has 0 fully saturated rings. The van der Waals surface area contributed by atoms with E-state index in [2.05, 4.69) is 0 Å². The maximum atomic E-state index is 12.9. The number of benzene rings is 2. The van der Waals surface area contributed by atoms with Crippen molar-refractivity contribution in [3.63, 3.8) is 0 Å². The van der Waals surface area contributed by atoms with Gasteiger partial charge >= 0.3 is 12.4 Å². The molecule has 0 amide bonds. The molecule has 0 radical (unpaired) electrons. The van der Waals surface area contributed by atoms with Gasteiger partial charge < -0.3 is 10.5 Å². The van der Waals surface area contributed by atoms with Crippen LogP contribution in [0.4, 0.5) is 32.0 Å². The summed E-state index contributed by atoms with van der Waals surface area (Å²) in [6.07, 6.45) is -10.4. The quantitative estimate of drug-likeness (QED) is 0.556. The lowest BCUT2D eigenvalue weighted by atomic mass is 10.0. The number of hydrogen-bond acceptors (Lipinski definition) is 2. The molecule has 2 aromatic rings. The van der Waals surface area contributed by atoms with Gasteiger partial charge in [-0.25, -0.2) is 0 Å². The van der Waals surface area contributed by atoms with Crippen LogP contribution in [0.2, 0.25) is 0 Å². The van der Waals surface area contributed by atoms with E-state index in [4.69, 9.17) is 10.5 Å². The van der Waals surface area contributed by atoms with E-state index in [0.717, 1.165) is 11.1 Å². The van der Waals surface area contributed by atoms with Gasteiger partial charge in [0.1, 0.15) is 5.75 Å². The van der Waals surface area contributed by atoms with E-state index in [0.29, 0.717) is 0 Å². The fourth-order valence-corrected chi connectivity index (χ4v) is 2.06. The normalized spacial score (nSPS) is 12.3. The smallest absolute Gasteiger partial charge is 0.417 e. The summed E-state index contributed by atoms with van der Waals surface area (Å²) >= 11 is 0. The summed E-state index contributed by atoms with van der Waals surface area (Å²) in [5.41, 5.74) is 2.97. The Kier molecular flexibility index (Phi) is 4.43. The highest BCUT2D eigenvalue weighted by molar-refractivity contribution is 5.59. The number of nitrogen functional groups attached to an aromatic ring is 1. The van der Waals surface area contributed by atoms with Crippen molar-refractivity contribution in [2.75, 3.05) is 5.73 Å². The van der Waals surface area contributed by atoms with Crippen molar-refractivity contribution in [3.05, 3.63) is 52.6 Å². The second kappa shape index (κ2) is 5.92. The van der Waals surface area contributed by atoms with Crippen LogP contribution in [0.25, 0.3) is 0 Å². The van der Waals surface area contributed by atoms with Crippen LogP contribution in [0.1, 0.15) is 22.3 Å². The average molecular weight is 349 g/mol. The molecule has 0 spiro atoms. The molecule has 2 aromatic carbocycles. The van der Waals surface area contributed by atoms with Crippen molar-refractivity contribution in [2.45, 2.75) is 26.2 Å². The molecule has 130 valence electrons. The molecule has 2 rings (SSSR count). The molecule has 24 heavy (non-hydrogen) atoms. The summed E-state index contributed by atoms with van der Waals surface area (Å²) in [5, 5.41) is 0. The van der Waals surface area contributed by atoms with Crippen molar-refractivity contribution in [2.24, 2.45) is 0 Å². The maximum absolute atomic E-state index is 12.9. The molecule has 0 aliphatic rings. The molecule has 0 saturated carbocycles. The molecule has 0 heterocycles. The highest BCUT2D eigenvalue weighted by Crippen LogP contribution is 2.44. The van der Waals surface area contributed by atoms with Crippen LogP contribution in [0.5, 0.6) is 11.5 Å². The van der Waals surface area contributed by atoms with E-state index in [1.54, 1.807) is 19.1 Å².